The smallest absolute Gasteiger partial charge is 0.471 e. The number of aromatic nitrogens is 1. The second-order valence-corrected chi connectivity index (χ2v) is 4.10. The van der Waals surface area contributed by atoms with Crippen LogP contribution in [-0.2, 0) is 15.1 Å². The molecule has 1 rings (SSSR count). The summed E-state index contributed by atoms with van der Waals surface area (Å²) in [5.74, 6) is -3.53. The SMILES string of the molecule is CC(CC(=O)O)(NC(=O)C(F)(F)F)c1cccnc1. The Balaban J connectivity index is 3.08. The Bertz CT molecular complexity index is 476. The van der Waals surface area contributed by atoms with E-state index in [0.717, 1.165) is 0 Å². The van der Waals surface area contributed by atoms with E-state index in [1.165, 1.54) is 31.5 Å². The van der Waals surface area contributed by atoms with Gasteiger partial charge in [0.25, 0.3) is 0 Å². The average Bonchev–Trinajstić information content (AvgIpc) is 2.27. The number of aliphatic carboxylic acids is 1. The van der Waals surface area contributed by atoms with Crippen molar-refractivity contribution in [2.45, 2.75) is 25.1 Å². The molecule has 0 bridgehead atoms. The van der Waals surface area contributed by atoms with E-state index in [2.05, 4.69) is 4.98 Å². The van der Waals surface area contributed by atoms with Gasteiger partial charge < -0.3 is 10.4 Å². The molecule has 1 heterocycles. The number of pyridine rings is 1. The molecule has 0 aliphatic rings. The fraction of sp³-hybridized carbons (Fsp3) is 0.364. The molecule has 1 aromatic heterocycles. The summed E-state index contributed by atoms with van der Waals surface area (Å²) in [6, 6.07) is 2.84. The number of nitrogens with zero attached hydrogens (tertiary/aromatic N) is 1. The Morgan fingerprint density at radius 2 is 2.05 bits per heavy atom. The predicted molar refractivity (Wildman–Crippen MR) is 58.0 cm³/mol. The fourth-order valence-electron chi connectivity index (χ4n) is 1.53. The maximum absolute atomic E-state index is 12.3. The van der Waals surface area contributed by atoms with E-state index in [1.807, 2.05) is 0 Å². The molecule has 0 aromatic carbocycles. The minimum atomic E-state index is -5.08. The Kier molecular flexibility index (Phi) is 4.13. The number of carboxylic acid groups (broad SMARTS) is 1. The van der Waals surface area contributed by atoms with E-state index in [0.29, 0.717) is 0 Å². The predicted octanol–water partition coefficient (Wildman–Crippen LogP) is 1.45. The summed E-state index contributed by atoms with van der Waals surface area (Å²) in [7, 11) is 0. The van der Waals surface area contributed by atoms with Gasteiger partial charge in [0, 0.05) is 12.4 Å². The quantitative estimate of drug-likeness (QED) is 0.872. The standard InChI is InChI=1S/C11H11F3N2O3/c1-10(5-8(17)18,7-3-2-4-15-6-7)16-9(19)11(12,13)14/h2-4,6H,5H2,1H3,(H,16,19)(H,17,18). The summed E-state index contributed by atoms with van der Waals surface area (Å²) in [4.78, 5) is 25.5. The molecule has 1 amide bonds. The fourth-order valence-corrected chi connectivity index (χ4v) is 1.53. The number of halogens is 3. The molecule has 0 radical (unpaired) electrons. The number of nitrogens with one attached hydrogen (secondary N) is 1. The maximum atomic E-state index is 12.3. The van der Waals surface area contributed by atoms with Crippen LogP contribution in [0.2, 0.25) is 0 Å². The Labute approximate surface area is 106 Å². The van der Waals surface area contributed by atoms with Crippen LogP contribution in [0.3, 0.4) is 0 Å². The van der Waals surface area contributed by atoms with Crippen LogP contribution in [0.5, 0.6) is 0 Å². The second-order valence-electron chi connectivity index (χ2n) is 4.10. The summed E-state index contributed by atoms with van der Waals surface area (Å²) in [5, 5.41) is 10.5. The Hall–Kier alpha value is -2.12. The molecule has 1 atom stereocenters. The van der Waals surface area contributed by atoms with Crippen molar-refractivity contribution in [3.05, 3.63) is 30.1 Å². The highest BCUT2D eigenvalue weighted by Crippen LogP contribution is 2.26. The summed E-state index contributed by atoms with van der Waals surface area (Å²) in [5.41, 5.74) is -1.51. The van der Waals surface area contributed by atoms with E-state index >= 15 is 0 Å². The number of carboxylic acids is 1. The first-order valence-corrected chi connectivity index (χ1v) is 5.17. The zero-order valence-electron chi connectivity index (χ0n) is 9.86. The van der Waals surface area contributed by atoms with E-state index in [9.17, 15) is 22.8 Å². The first-order chi connectivity index (χ1) is 8.65. The minimum Gasteiger partial charge on any atom is -0.481 e. The summed E-state index contributed by atoms with van der Waals surface area (Å²) in [6.07, 6.45) is -3.18. The van der Waals surface area contributed by atoms with Crippen LogP contribution in [-0.4, -0.2) is 28.1 Å². The van der Waals surface area contributed by atoms with Crippen LogP contribution in [0.4, 0.5) is 13.2 Å². The first kappa shape index (κ1) is 14.9. The zero-order chi connectivity index (χ0) is 14.7. The normalized spacial score (nSPS) is 14.5. The van der Waals surface area contributed by atoms with Gasteiger partial charge in [0.2, 0.25) is 0 Å². The summed E-state index contributed by atoms with van der Waals surface area (Å²) < 4.78 is 36.8. The van der Waals surface area contributed by atoms with Crippen molar-refractivity contribution in [2.75, 3.05) is 0 Å². The van der Waals surface area contributed by atoms with Crippen LogP contribution in [0.25, 0.3) is 0 Å². The molecule has 5 nitrogen and oxygen atoms in total. The molecule has 1 aromatic rings. The second kappa shape index (κ2) is 5.25. The number of alkyl halides is 3. The lowest BCUT2D eigenvalue weighted by molar-refractivity contribution is -0.176. The molecule has 2 N–H and O–H groups in total. The third kappa shape index (κ3) is 3.94. The largest absolute Gasteiger partial charge is 0.481 e. The molecule has 104 valence electrons. The van der Waals surface area contributed by atoms with Gasteiger partial charge in [0.1, 0.15) is 0 Å². The number of amides is 1. The van der Waals surface area contributed by atoms with Crippen molar-refractivity contribution in [1.82, 2.24) is 10.3 Å². The van der Waals surface area contributed by atoms with Crippen molar-refractivity contribution in [2.24, 2.45) is 0 Å². The van der Waals surface area contributed by atoms with Crippen LogP contribution in [0, 0.1) is 0 Å². The number of carbonyl (C=O) groups excluding carboxylic acids is 1. The van der Waals surface area contributed by atoms with Crippen molar-refractivity contribution in [3.8, 4) is 0 Å². The van der Waals surface area contributed by atoms with Crippen molar-refractivity contribution >= 4 is 11.9 Å². The highest BCUT2D eigenvalue weighted by Gasteiger charge is 2.43. The van der Waals surface area contributed by atoms with Gasteiger partial charge in [-0.3, -0.25) is 14.6 Å². The number of rotatable bonds is 4. The lowest BCUT2D eigenvalue weighted by Gasteiger charge is -2.29. The summed E-state index contributed by atoms with van der Waals surface area (Å²) in [6.45, 7) is 1.20. The van der Waals surface area contributed by atoms with Crippen molar-refractivity contribution < 1.29 is 27.9 Å². The van der Waals surface area contributed by atoms with Crippen molar-refractivity contribution in [3.63, 3.8) is 0 Å². The number of carbonyl (C=O) groups is 2. The summed E-state index contributed by atoms with van der Waals surface area (Å²) >= 11 is 0. The molecule has 19 heavy (non-hydrogen) atoms. The van der Waals surface area contributed by atoms with E-state index in [1.54, 1.807) is 5.32 Å². The monoisotopic (exact) mass is 276 g/mol. The van der Waals surface area contributed by atoms with Gasteiger partial charge in [-0.25, -0.2) is 0 Å². The van der Waals surface area contributed by atoms with Crippen LogP contribution in [0.1, 0.15) is 18.9 Å². The average molecular weight is 276 g/mol. The zero-order valence-corrected chi connectivity index (χ0v) is 9.86. The molecule has 0 saturated heterocycles. The van der Waals surface area contributed by atoms with Gasteiger partial charge in [-0.1, -0.05) is 6.07 Å². The topological polar surface area (TPSA) is 79.3 Å². The van der Waals surface area contributed by atoms with Gasteiger partial charge in [0.15, 0.2) is 0 Å². The molecule has 8 heteroatoms. The third-order valence-electron chi connectivity index (χ3n) is 2.45. The molecule has 0 aliphatic heterocycles. The first-order valence-electron chi connectivity index (χ1n) is 5.17. The lowest BCUT2D eigenvalue weighted by Crippen LogP contribution is -2.50. The lowest BCUT2D eigenvalue weighted by atomic mass is 9.89. The van der Waals surface area contributed by atoms with Gasteiger partial charge in [-0.05, 0) is 18.6 Å². The Morgan fingerprint density at radius 3 is 2.47 bits per heavy atom. The number of hydrogen-bond donors (Lipinski definition) is 2. The van der Waals surface area contributed by atoms with E-state index < -0.39 is 30.0 Å². The van der Waals surface area contributed by atoms with Crippen LogP contribution < -0.4 is 5.32 Å². The van der Waals surface area contributed by atoms with Gasteiger partial charge >= 0.3 is 18.1 Å². The maximum Gasteiger partial charge on any atom is 0.471 e. The van der Waals surface area contributed by atoms with Crippen LogP contribution in [0.15, 0.2) is 24.5 Å². The van der Waals surface area contributed by atoms with E-state index in [4.69, 9.17) is 5.11 Å². The molecular weight excluding hydrogens is 265 g/mol. The molecule has 0 aliphatic carbocycles. The molecule has 0 saturated carbocycles. The minimum absolute atomic E-state index is 0.176. The van der Waals surface area contributed by atoms with E-state index in [-0.39, 0.29) is 5.56 Å². The van der Waals surface area contributed by atoms with Gasteiger partial charge in [-0.15, -0.1) is 0 Å². The number of hydrogen-bond acceptors (Lipinski definition) is 3. The molecular formula is C11H11F3N2O3. The molecule has 0 fully saturated rings. The molecule has 1 unspecified atom stereocenters. The van der Waals surface area contributed by atoms with Gasteiger partial charge in [0.05, 0.1) is 12.0 Å². The van der Waals surface area contributed by atoms with Gasteiger partial charge in [-0.2, -0.15) is 13.2 Å². The third-order valence-corrected chi connectivity index (χ3v) is 2.45. The van der Waals surface area contributed by atoms with Crippen molar-refractivity contribution in [1.29, 1.82) is 0 Å². The molecule has 0 spiro atoms. The Morgan fingerprint density at radius 1 is 1.42 bits per heavy atom. The van der Waals surface area contributed by atoms with Crippen LogP contribution >= 0.6 is 0 Å². The highest BCUT2D eigenvalue weighted by atomic mass is 19.4. The highest BCUT2D eigenvalue weighted by molar-refractivity contribution is 5.83.